The number of aromatic nitrogens is 2. The molecule has 2 N–H and O–H groups in total. The molecule has 124 valence electrons. The lowest BCUT2D eigenvalue weighted by Crippen LogP contribution is -2.24. The summed E-state index contributed by atoms with van der Waals surface area (Å²) < 4.78 is 10.6. The third-order valence-electron chi connectivity index (χ3n) is 3.55. The Morgan fingerprint density at radius 1 is 1.12 bits per heavy atom. The molecule has 1 amide bonds. The number of para-hydroxylation sites is 2. The minimum atomic E-state index is -0.0797. The highest BCUT2D eigenvalue weighted by Gasteiger charge is 2.05. The van der Waals surface area contributed by atoms with E-state index >= 15 is 0 Å². The largest absolute Gasteiger partial charge is 0.497 e. The fourth-order valence-corrected chi connectivity index (χ4v) is 2.29. The predicted octanol–water partition coefficient (Wildman–Crippen LogP) is 2.66. The lowest BCUT2D eigenvalue weighted by molar-refractivity contribution is -0.121. The number of ether oxygens (including phenoxy) is 2. The Balaban J connectivity index is 1.42. The number of methoxy groups -OCH3 is 1. The summed E-state index contributed by atoms with van der Waals surface area (Å²) in [5.74, 6) is 2.14. The normalized spacial score (nSPS) is 10.5. The van der Waals surface area contributed by atoms with Gasteiger partial charge in [0.2, 0.25) is 5.91 Å². The van der Waals surface area contributed by atoms with Crippen molar-refractivity contribution in [3.8, 4) is 11.5 Å². The summed E-state index contributed by atoms with van der Waals surface area (Å²) in [6.07, 6.45) is 0.284. The Kier molecular flexibility index (Phi) is 4.96. The Morgan fingerprint density at radius 3 is 2.62 bits per heavy atom. The van der Waals surface area contributed by atoms with E-state index < -0.39 is 0 Å². The van der Waals surface area contributed by atoms with Crippen LogP contribution in [0.2, 0.25) is 0 Å². The molecule has 0 aliphatic rings. The van der Waals surface area contributed by atoms with Crippen molar-refractivity contribution in [2.75, 3.05) is 13.7 Å². The fraction of sp³-hybridized carbons (Fsp3) is 0.222. The number of H-pyrrole nitrogens is 1. The maximum absolute atomic E-state index is 11.9. The van der Waals surface area contributed by atoms with Crippen LogP contribution in [0.4, 0.5) is 0 Å². The molecule has 6 heteroatoms. The van der Waals surface area contributed by atoms with Gasteiger partial charge in [0.15, 0.2) is 0 Å². The smallest absolute Gasteiger partial charge is 0.223 e. The van der Waals surface area contributed by atoms with Crippen molar-refractivity contribution in [1.29, 1.82) is 0 Å². The first-order valence-corrected chi connectivity index (χ1v) is 7.72. The van der Waals surface area contributed by atoms with Crippen LogP contribution in [-0.4, -0.2) is 29.6 Å². The van der Waals surface area contributed by atoms with Crippen LogP contribution >= 0.6 is 0 Å². The van der Waals surface area contributed by atoms with E-state index in [1.165, 1.54) is 0 Å². The number of amides is 1. The zero-order chi connectivity index (χ0) is 16.8. The van der Waals surface area contributed by atoms with Crippen LogP contribution in [0.5, 0.6) is 11.5 Å². The molecule has 1 heterocycles. The van der Waals surface area contributed by atoms with Crippen LogP contribution in [0.1, 0.15) is 12.2 Å². The van der Waals surface area contributed by atoms with Gasteiger partial charge in [-0.3, -0.25) is 4.79 Å². The zero-order valence-corrected chi connectivity index (χ0v) is 13.4. The zero-order valence-electron chi connectivity index (χ0n) is 13.4. The first-order valence-electron chi connectivity index (χ1n) is 7.72. The van der Waals surface area contributed by atoms with Gasteiger partial charge in [-0.15, -0.1) is 0 Å². The number of hydrogen-bond acceptors (Lipinski definition) is 4. The molecule has 6 nitrogen and oxygen atoms in total. The molecule has 0 aliphatic heterocycles. The molecule has 0 fully saturated rings. The molecule has 0 saturated heterocycles. The van der Waals surface area contributed by atoms with Gasteiger partial charge >= 0.3 is 0 Å². The highest BCUT2D eigenvalue weighted by Crippen LogP contribution is 2.17. The van der Waals surface area contributed by atoms with E-state index in [0.717, 1.165) is 22.6 Å². The molecule has 0 bridgehead atoms. The summed E-state index contributed by atoms with van der Waals surface area (Å²) in [6.45, 7) is 0.689. The second-order valence-corrected chi connectivity index (χ2v) is 5.25. The maximum atomic E-state index is 11.9. The molecule has 0 spiro atoms. The van der Waals surface area contributed by atoms with E-state index in [1.54, 1.807) is 7.11 Å². The fourth-order valence-electron chi connectivity index (χ4n) is 2.29. The number of nitrogens with zero attached hydrogens (tertiary/aromatic N) is 1. The molecule has 0 unspecified atom stereocenters. The summed E-state index contributed by atoms with van der Waals surface area (Å²) >= 11 is 0. The van der Waals surface area contributed by atoms with Gasteiger partial charge in [0.05, 0.1) is 37.7 Å². The second-order valence-electron chi connectivity index (χ2n) is 5.25. The SMILES string of the molecule is COc1ccc(OCCC(=O)NCc2nc3ccccc3[nH]2)cc1. The Hall–Kier alpha value is -3.02. The number of fused-ring (bicyclic) bond motifs is 1. The topological polar surface area (TPSA) is 76.2 Å². The van der Waals surface area contributed by atoms with Gasteiger partial charge < -0.3 is 19.8 Å². The van der Waals surface area contributed by atoms with Crippen LogP contribution < -0.4 is 14.8 Å². The van der Waals surface area contributed by atoms with Crippen molar-refractivity contribution in [2.24, 2.45) is 0 Å². The summed E-state index contributed by atoms with van der Waals surface area (Å²) in [4.78, 5) is 19.5. The molecule has 0 saturated carbocycles. The average molecular weight is 325 g/mol. The Bertz CT molecular complexity index is 779. The number of benzene rings is 2. The molecule has 0 radical (unpaired) electrons. The minimum Gasteiger partial charge on any atom is -0.497 e. The molecule has 24 heavy (non-hydrogen) atoms. The van der Waals surface area contributed by atoms with Crippen molar-refractivity contribution in [2.45, 2.75) is 13.0 Å². The van der Waals surface area contributed by atoms with Gasteiger partial charge in [-0.25, -0.2) is 4.98 Å². The summed E-state index contributed by atoms with van der Waals surface area (Å²) in [5, 5.41) is 2.83. The minimum absolute atomic E-state index is 0.0797. The van der Waals surface area contributed by atoms with E-state index in [9.17, 15) is 4.79 Å². The van der Waals surface area contributed by atoms with Crippen LogP contribution in [0.25, 0.3) is 11.0 Å². The van der Waals surface area contributed by atoms with Crippen molar-refractivity contribution in [1.82, 2.24) is 15.3 Å². The molecular weight excluding hydrogens is 306 g/mol. The summed E-state index contributed by atoms with van der Waals surface area (Å²) in [6, 6.07) is 15.0. The predicted molar refractivity (Wildman–Crippen MR) is 91.0 cm³/mol. The Morgan fingerprint density at radius 2 is 1.88 bits per heavy atom. The van der Waals surface area contributed by atoms with E-state index in [1.807, 2.05) is 48.5 Å². The lowest BCUT2D eigenvalue weighted by atomic mass is 10.3. The highest BCUT2D eigenvalue weighted by molar-refractivity contribution is 5.77. The van der Waals surface area contributed by atoms with Crippen LogP contribution in [0.3, 0.4) is 0 Å². The van der Waals surface area contributed by atoms with Gasteiger partial charge in [0, 0.05) is 0 Å². The lowest BCUT2D eigenvalue weighted by Gasteiger charge is -2.07. The number of carbonyl (C=O) groups is 1. The van der Waals surface area contributed by atoms with Crippen molar-refractivity contribution in [3.05, 3.63) is 54.4 Å². The van der Waals surface area contributed by atoms with Gasteiger partial charge in [-0.2, -0.15) is 0 Å². The number of carbonyl (C=O) groups excluding carboxylic acids is 1. The molecule has 0 aliphatic carbocycles. The first kappa shape index (κ1) is 15.9. The quantitative estimate of drug-likeness (QED) is 0.700. The molecular formula is C18H19N3O3. The van der Waals surface area contributed by atoms with Crippen LogP contribution in [0, 0.1) is 0 Å². The van der Waals surface area contributed by atoms with E-state index in [2.05, 4.69) is 15.3 Å². The number of imidazole rings is 1. The second kappa shape index (κ2) is 7.50. The molecule has 3 rings (SSSR count). The third-order valence-corrected chi connectivity index (χ3v) is 3.55. The van der Waals surface area contributed by atoms with Crippen molar-refractivity contribution >= 4 is 16.9 Å². The summed E-state index contributed by atoms with van der Waals surface area (Å²) in [7, 11) is 1.61. The maximum Gasteiger partial charge on any atom is 0.223 e. The number of aromatic amines is 1. The van der Waals surface area contributed by atoms with E-state index in [-0.39, 0.29) is 12.3 Å². The molecule has 0 atom stereocenters. The van der Waals surface area contributed by atoms with Crippen LogP contribution in [-0.2, 0) is 11.3 Å². The first-order chi connectivity index (χ1) is 11.7. The van der Waals surface area contributed by atoms with Crippen molar-refractivity contribution < 1.29 is 14.3 Å². The molecule has 1 aromatic heterocycles. The molecule has 3 aromatic rings. The van der Waals surface area contributed by atoms with E-state index in [0.29, 0.717) is 18.9 Å². The van der Waals surface area contributed by atoms with Gasteiger partial charge in [0.1, 0.15) is 17.3 Å². The Labute approximate surface area is 139 Å². The highest BCUT2D eigenvalue weighted by atomic mass is 16.5. The standard InChI is InChI=1S/C18H19N3O3/c1-23-13-6-8-14(9-7-13)24-11-10-18(22)19-12-17-20-15-4-2-3-5-16(15)21-17/h2-9H,10-12H2,1H3,(H,19,22)(H,20,21). The average Bonchev–Trinajstić information content (AvgIpc) is 3.03. The third kappa shape index (κ3) is 4.04. The van der Waals surface area contributed by atoms with E-state index in [4.69, 9.17) is 9.47 Å². The van der Waals surface area contributed by atoms with Crippen LogP contribution in [0.15, 0.2) is 48.5 Å². The van der Waals surface area contributed by atoms with Gasteiger partial charge in [0.25, 0.3) is 0 Å². The summed E-state index contributed by atoms with van der Waals surface area (Å²) in [5.41, 5.74) is 1.86. The number of nitrogens with one attached hydrogen (secondary N) is 2. The molecule has 2 aromatic carbocycles. The van der Waals surface area contributed by atoms with Crippen molar-refractivity contribution in [3.63, 3.8) is 0 Å². The van der Waals surface area contributed by atoms with Gasteiger partial charge in [-0.05, 0) is 36.4 Å². The number of hydrogen-bond donors (Lipinski definition) is 2. The monoisotopic (exact) mass is 325 g/mol. The van der Waals surface area contributed by atoms with Gasteiger partial charge in [-0.1, -0.05) is 12.1 Å². The number of rotatable bonds is 7.